The third kappa shape index (κ3) is 10.6. The Morgan fingerprint density at radius 1 is 1.06 bits per heavy atom. The van der Waals surface area contributed by atoms with E-state index < -0.39 is 43.2 Å². The maximum Gasteiger partial charge on any atom is 0.416 e. The minimum absolute atomic E-state index is 0.0114. The fraction of sp³-hybridized carbons (Fsp3) is 0.404. The van der Waals surface area contributed by atoms with Crippen molar-refractivity contribution in [3.8, 4) is 11.5 Å². The van der Waals surface area contributed by atoms with Crippen LogP contribution >= 0.6 is 0 Å². The smallest absolute Gasteiger partial charge is 0.416 e. The summed E-state index contributed by atoms with van der Waals surface area (Å²) in [5, 5.41) is 15.9. The van der Waals surface area contributed by atoms with Gasteiger partial charge in [0.05, 0.1) is 33.7 Å². The summed E-state index contributed by atoms with van der Waals surface area (Å²) >= 11 is 0. The fourth-order valence-electron chi connectivity index (χ4n) is 8.92. The molecule has 3 aromatic carbocycles. The van der Waals surface area contributed by atoms with Crippen molar-refractivity contribution in [3.63, 3.8) is 0 Å². The third-order valence-electron chi connectivity index (χ3n) is 12.6. The van der Waals surface area contributed by atoms with Crippen molar-refractivity contribution in [1.29, 1.82) is 0 Å². The number of nitro benzene ring substituents is 1. The molecule has 2 fully saturated rings. The number of amides is 1. The number of halogens is 3. The fourth-order valence-corrected chi connectivity index (χ4v) is 9.91. The summed E-state index contributed by atoms with van der Waals surface area (Å²) in [6.45, 7) is 11.0. The number of carbonyl (C=O) groups is 1. The van der Waals surface area contributed by atoms with Crippen LogP contribution < -0.4 is 19.7 Å². The van der Waals surface area contributed by atoms with E-state index >= 15 is 0 Å². The number of carbonyl (C=O) groups excluding carboxylic acids is 1. The van der Waals surface area contributed by atoms with Crippen molar-refractivity contribution >= 4 is 49.6 Å². The lowest BCUT2D eigenvalue weighted by atomic mass is 9.72. The van der Waals surface area contributed by atoms with Crippen molar-refractivity contribution in [2.75, 3.05) is 62.7 Å². The van der Waals surface area contributed by atoms with Crippen LogP contribution in [0.2, 0.25) is 0 Å². The number of anilines is 2. The molecule has 2 aliphatic heterocycles. The lowest BCUT2D eigenvalue weighted by molar-refractivity contribution is -0.384. The van der Waals surface area contributed by atoms with Crippen LogP contribution in [0.4, 0.5) is 30.2 Å². The van der Waals surface area contributed by atoms with Gasteiger partial charge in [-0.2, -0.15) is 13.2 Å². The summed E-state index contributed by atoms with van der Waals surface area (Å²) in [6.07, 6.45) is 3.18. The minimum Gasteiger partial charge on any atom is -0.455 e. The molecule has 14 nitrogen and oxygen atoms in total. The number of alkyl halides is 3. The van der Waals surface area contributed by atoms with E-state index in [1.54, 1.807) is 37.4 Å². The van der Waals surface area contributed by atoms with E-state index in [1.165, 1.54) is 42.1 Å². The number of H-pyrrole nitrogens is 1. The number of allylic oxidation sites excluding steroid dienone is 1. The second-order valence-corrected chi connectivity index (χ2v) is 19.6. The van der Waals surface area contributed by atoms with Crippen LogP contribution in [0, 0.1) is 28.4 Å². The molecule has 3 aliphatic rings. The average molecular weight is 916 g/mol. The van der Waals surface area contributed by atoms with E-state index in [2.05, 4.69) is 43.7 Å². The molecule has 0 saturated carbocycles. The molecule has 1 atom stereocenters. The number of aromatic amines is 1. The van der Waals surface area contributed by atoms with Crippen LogP contribution in [0.25, 0.3) is 16.6 Å². The number of rotatable bonds is 13. The van der Waals surface area contributed by atoms with E-state index in [9.17, 15) is 36.5 Å². The van der Waals surface area contributed by atoms with Gasteiger partial charge in [-0.05, 0) is 116 Å². The molecule has 344 valence electrons. The van der Waals surface area contributed by atoms with Gasteiger partial charge < -0.3 is 24.7 Å². The van der Waals surface area contributed by atoms with Gasteiger partial charge in [0.25, 0.3) is 21.6 Å². The molecule has 8 rings (SSSR count). The number of nitro groups is 1. The quantitative estimate of drug-likeness (QED) is 0.0759. The van der Waals surface area contributed by atoms with Gasteiger partial charge in [0, 0.05) is 75.3 Å². The number of piperazine rings is 1. The Labute approximate surface area is 375 Å². The molecule has 65 heavy (non-hydrogen) atoms. The Balaban J connectivity index is 1.01. The molecule has 1 aliphatic carbocycles. The number of hydrogen-bond donors (Lipinski definition) is 3. The van der Waals surface area contributed by atoms with Gasteiger partial charge in [-0.3, -0.25) is 19.8 Å². The van der Waals surface area contributed by atoms with Gasteiger partial charge in [-0.1, -0.05) is 25.5 Å². The Kier molecular flexibility index (Phi) is 13.0. The zero-order chi connectivity index (χ0) is 46.1. The highest BCUT2D eigenvalue weighted by molar-refractivity contribution is 7.90. The number of ether oxygens (including phenoxy) is 2. The molecular weight excluding hydrogens is 864 g/mol. The topological polar surface area (TPSA) is 172 Å². The van der Waals surface area contributed by atoms with Gasteiger partial charge in [0.2, 0.25) is 0 Å². The van der Waals surface area contributed by atoms with Crippen LogP contribution in [0.15, 0.2) is 89.6 Å². The van der Waals surface area contributed by atoms with E-state index in [1.807, 2.05) is 6.07 Å². The van der Waals surface area contributed by atoms with Crippen molar-refractivity contribution in [2.45, 2.75) is 63.9 Å². The molecule has 1 unspecified atom stereocenters. The van der Waals surface area contributed by atoms with Crippen LogP contribution in [0.3, 0.4) is 0 Å². The number of fused-ring (bicyclic) bond motifs is 1. The second-order valence-electron chi connectivity index (χ2n) is 17.9. The lowest BCUT2D eigenvalue weighted by Crippen LogP contribution is -2.47. The number of hydrogen-bond acceptors (Lipinski definition) is 11. The van der Waals surface area contributed by atoms with Crippen molar-refractivity contribution in [2.24, 2.45) is 11.3 Å². The van der Waals surface area contributed by atoms with Gasteiger partial charge in [0.1, 0.15) is 22.8 Å². The van der Waals surface area contributed by atoms with Crippen LogP contribution in [0.1, 0.15) is 73.0 Å². The number of nitrogens with zero attached hydrogens (tertiary/aromatic N) is 4. The third-order valence-corrected chi connectivity index (χ3v) is 13.9. The highest BCUT2D eigenvalue weighted by atomic mass is 32.2. The predicted molar refractivity (Wildman–Crippen MR) is 242 cm³/mol. The molecule has 0 spiro atoms. The van der Waals surface area contributed by atoms with Crippen LogP contribution in [-0.4, -0.2) is 86.6 Å². The highest BCUT2D eigenvalue weighted by Gasteiger charge is 2.34. The number of nitrogens with one attached hydrogen (secondary N) is 3. The van der Waals surface area contributed by atoms with E-state index in [0.717, 1.165) is 60.4 Å². The van der Waals surface area contributed by atoms with Crippen LogP contribution in [-0.2, 0) is 20.9 Å². The Morgan fingerprint density at radius 3 is 2.58 bits per heavy atom. The SMILES string of the molecule is Cc1cc(C(F)(F)F)ccc1C1=C(CN2CCN(c3ccc(C(=O)NS(=O)(=O)c4ccc(NCC5CCCOC5)c([N+](=O)[O-])c4)c(Oc4cnc5[nH]ccc5c4)c3)CC2)CCC(C)(C)C1. The average Bonchev–Trinajstić information content (AvgIpc) is 3.74. The van der Waals surface area contributed by atoms with Gasteiger partial charge in [-0.25, -0.2) is 18.1 Å². The monoisotopic (exact) mass is 915 g/mol. The number of aryl methyl sites for hydroxylation is 1. The summed E-state index contributed by atoms with van der Waals surface area (Å²) in [5.41, 5.74) is 4.15. The van der Waals surface area contributed by atoms with Crippen LogP contribution in [0.5, 0.6) is 11.5 Å². The first-order valence-electron chi connectivity index (χ1n) is 21.7. The summed E-state index contributed by atoms with van der Waals surface area (Å²) in [4.78, 5) is 36.8. The summed E-state index contributed by atoms with van der Waals surface area (Å²) in [6, 6.07) is 15.9. The molecule has 1 amide bonds. The molecule has 0 radical (unpaired) electrons. The maximum atomic E-state index is 13.9. The number of benzene rings is 3. The summed E-state index contributed by atoms with van der Waals surface area (Å²) in [7, 11) is -4.60. The van der Waals surface area contributed by atoms with Crippen molar-refractivity contribution in [1.82, 2.24) is 19.6 Å². The first-order valence-corrected chi connectivity index (χ1v) is 23.2. The lowest BCUT2D eigenvalue weighted by Gasteiger charge is -2.39. The Hall–Kier alpha value is -5.98. The zero-order valence-corrected chi connectivity index (χ0v) is 37.3. The van der Waals surface area contributed by atoms with Gasteiger partial charge >= 0.3 is 6.18 Å². The standard InChI is InChI=1S/C47H52F3N7O7S/c1-30-21-34(47(48,49)50)6-9-38(30)40-25-46(2,3)14-12-33(40)28-55-16-18-56(19-17-55)35-7-10-39(43(23-35)64-36-22-32-13-15-51-44(32)53-27-36)45(58)54-65(61,62)37-8-11-41(42(24-37)57(59)60)52-26-31-5-4-20-63-29-31/h6-11,13,15,21-24,27,31,52H,4-5,12,14,16-20,25-26,28-29H2,1-3H3,(H,51,53)(H,54,58). The van der Waals surface area contributed by atoms with E-state index in [0.29, 0.717) is 69.4 Å². The molecule has 2 saturated heterocycles. The van der Waals surface area contributed by atoms with Crippen molar-refractivity contribution < 1.29 is 40.8 Å². The zero-order valence-electron chi connectivity index (χ0n) is 36.5. The summed E-state index contributed by atoms with van der Waals surface area (Å²) in [5.74, 6) is -0.478. The molecule has 2 aromatic heterocycles. The van der Waals surface area contributed by atoms with E-state index in [-0.39, 0.29) is 28.3 Å². The Bertz CT molecular complexity index is 2740. The number of aromatic nitrogens is 2. The normalized spacial score (nSPS) is 18.4. The maximum absolute atomic E-state index is 13.9. The van der Waals surface area contributed by atoms with Crippen molar-refractivity contribution in [3.05, 3.63) is 117 Å². The minimum atomic E-state index is -4.60. The predicted octanol–water partition coefficient (Wildman–Crippen LogP) is 9.33. The van der Waals surface area contributed by atoms with E-state index in [4.69, 9.17) is 9.47 Å². The second kappa shape index (κ2) is 18.5. The molecular formula is C47H52F3N7O7S. The molecule has 5 aromatic rings. The number of sulfonamides is 1. The highest BCUT2D eigenvalue weighted by Crippen LogP contribution is 2.45. The molecule has 18 heteroatoms. The van der Waals surface area contributed by atoms with Gasteiger partial charge in [0.15, 0.2) is 0 Å². The Morgan fingerprint density at radius 2 is 1.86 bits per heavy atom. The molecule has 4 heterocycles. The first-order chi connectivity index (χ1) is 30.9. The molecule has 0 bridgehead atoms. The number of pyridine rings is 1. The largest absolute Gasteiger partial charge is 0.455 e. The molecule has 3 N–H and O–H groups in total. The summed E-state index contributed by atoms with van der Waals surface area (Å²) < 4.78 is 81.9. The van der Waals surface area contributed by atoms with Gasteiger partial charge in [-0.15, -0.1) is 0 Å². The first kappa shape index (κ1) is 45.6.